The molecule has 0 radical (unpaired) electrons. The van der Waals surface area contributed by atoms with E-state index >= 15 is 4.39 Å². The SMILES string of the molecule is CCOC(=O)c1cn(-c2nc(N)c(F)cc2F)c2c(Cl)c(N3CC(OC(=O)C(C)C)C3)c(F)cc2c1=O. The molecule has 1 fully saturated rings. The summed E-state index contributed by atoms with van der Waals surface area (Å²) in [6, 6.07) is 1.34. The third-order valence-electron chi connectivity index (χ3n) is 5.74. The van der Waals surface area contributed by atoms with Crippen LogP contribution in [0.4, 0.5) is 24.7 Å². The second kappa shape index (κ2) is 9.92. The van der Waals surface area contributed by atoms with Crippen LogP contribution in [0.5, 0.6) is 0 Å². The summed E-state index contributed by atoms with van der Waals surface area (Å²) in [5.74, 6) is -6.25. The summed E-state index contributed by atoms with van der Waals surface area (Å²) < 4.78 is 55.1. The number of fused-ring (bicyclic) bond motifs is 1. The number of esters is 2. The molecule has 13 heteroatoms. The molecule has 4 rings (SSSR count). The summed E-state index contributed by atoms with van der Waals surface area (Å²) in [6.07, 6.45) is 0.424. The van der Waals surface area contributed by atoms with E-state index in [-0.39, 0.29) is 47.2 Å². The summed E-state index contributed by atoms with van der Waals surface area (Å²) in [7, 11) is 0. The molecule has 0 bridgehead atoms. The predicted octanol–water partition coefficient (Wildman–Crippen LogP) is 3.60. The quantitative estimate of drug-likeness (QED) is 0.473. The number of anilines is 2. The van der Waals surface area contributed by atoms with Gasteiger partial charge in [-0.05, 0) is 13.0 Å². The van der Waals surface area contributed by atoms with Crippen LogP contribution in [0.2, 0.25) is 5.02 Å². The smallest absolute Gasteiger partial charge is 0.343 e. The van der Waals surface area contributed by atoms with Gasteiger partial charge in [0, 0.05) is 12.3 Å². The fraction of sp³-hybridized carbons (Fsp3) is 0.333. The summed E-state index contributed by atoms with van der Waals surface area (Å²) in [4.78, 5) is 42.6. The molecule has 2 aromatic heterocycles. The van der Waals surface area contributed by atoms with Gasteiger partial charge in [0.25, 0.3) is 0 Å². The number of nitrogen functional groups attached to an aromatic ring is 1. The van der Waals surface area contributed by atoms with Gasteiger partial charge in [0.15, 0.2) is 23.3 Å². The number of benzene rings is 1. The van der Waals surface area contributed by atoms with E-state index in [1.54, 1.807) is 13.8 Å². The van der Waals surface area contributed by atoms with E-state index < -0.39 is 58.1 Å². The number of carbonyl (C=O) groups excluding carboxylic acids is 2. The molecular formula is C24H22ClF3N4O5. The second-order valence-corrected chi connectivity index (χ2v) is 9.04. The minimum Gasteiger partial charge on any atom is -0.462 e. The molecule has 196 valence electrons. The highest BCUT2D eigenvalue weighted by atomic mass is 35.5. The first-order valence-corrected chi connectivity index (χ1v) is 11.6. The molecule has 1 aromatic carbocycles. The number of nitrogens with two attached hydrogens (primary N) is 1. The van der Waals surface area contributed by atoms with Crippen LogP contribution in [0, 0.1) is 23.4 Å². The van der Waals surface area contributed by atoms with Crippen molar-refractivity contribution >= 4 is 45.9 Å². The standard InChI is InChI=1S/C24H22ClF3N4O5/c1-4-36-24(35)13-9-32(22-16(28)6-15(27)21(29)30-22)18-12(20(13)33)5-14(26)19(17(18)25)31-7-11(8-31)37-23(34)10(2)3/h5-6,9-11H,4,7-8H2,1-3H3,(H2,29,30). The van der Waals surface area contributed by atoms with E-state index in [0.29, 0.717) is 6.07 Å². The van der Waals surface area contributed by atoms with Crippen molar-refractivity contribution in [1.82, 2.24) is 9.55 Å². The highest BCUT2D eigenvalue weighted by Crippen LogP contribution is 2.39. The van der Waals surface area contributed by atoms with Crippen LogP contribution in [0.25, 0.3) is 16.7 Å². The van der Waals surface area contributed by atoms with Gasteiger partial charge >= 0.3 is 11.9 Å². The molecule has 3 aromatic rings. The third-order valence-corrected chi connectivity index (χ3v) is 6.09. The van der Waals surface area contributed by atoms with Crippen LogP contribution in [0.3, 0.4) is 0 Å². The molecule has 2 N–H and O–H groups in total. The molecule has 1 saturated heterocycles. The summed E-state index contributed by atoms with van der Waals surface area (Å²) in [5.41, 5.74) is 3.73. The third kappa shape index (κ3) is 4.68. The summed E-state index contributed by atoms with van der Waals surface area (Å²) in [5, 5.41) is -0.676. The van der Waals surface area contributed by atoms with Crippen molar-refractivity contribution < 1.29 is 32.2 Å². The Morgan fingerprint density at radius 3 is 2.49 bits per heavy atom. The fourth-order valence-corrected chi connectivity index (χ4v) is 4.25. The van der Waals surface area contributed by atoms with Crippen molar-refractivity contribution in [3.63, 3.8) is 0 Å². The first-order valence-electron chi connectivity index (χ1n) is 11.3. The van der Waals surface area contributed by atoms with Crippen molar-refractivity contribution in [2.24, 2.45) is 5.92 Å². The molecule has 0 saturated carbocycles. The van der Waals surface area contributed by atoms with Gasteiger partial charge in [-0.3, -0.25) is 14.2 Å². The van der Waals surface area contributed by atoms with Gasteiger partial charge < -0.3 is 20.1 Å². The Hall–Kier alpha value is -3.80. The minimum absolute atomic E-state index is 0.0714. The van der Waals surface area contributed by atoms with Crippen molar-refractivity contribution in [3.8, 4) is 5.82 Å². The molecule has 1 aliphatic rings. The molecule has 0 aliphatic carbocycles. The lowest BCUT2D eigenvalue weighted by Crippen LogP contribution is -2.53. The molecule has 37 heavy (non-hydrogen) atoms. The number of pyridine rings is 2. The Labute approximate surface area is 213 Å². The Kier molecular flexibility index (Phi) is 7.05. The lowest BCUT2D eigenvalue weighted by Gasteiger charge is -2.41. The fourth-order valence-electron chi connectivity index (χ4n) is 3.85. The van der Waals surface area contributed by atoms with Gasteiger partial charge in [0.1, 0.15) is 17.5 Å². The number of ether oxygens (including phenoxy) is 2. The van der Waals surface area contributed by atoms with Crippen LogP contribution in [-0.2, 0) is 14.3 Å². The van der Waals surface area contributed by atoms with E-state index in [4.69, 9.17) is 26.8 Å². The lowest BCUT2D eigenvalue weighted by atomic mass is 10.1. The number of carbonyl (C=O) groups is 2. The monoisotopic (exact) mass is 538 g/mol. The maximum atomic E-state index is 15.3. The van der Waals surface area contributed by atoms with Crippen molar-refractivity contribution in [2.45, 2.75) is 26.9 Å². The lowest BCUT2D eigenvalue weighted by molar-refractivity contribution is -0.153. The maximum absolute atomic E-state index is 15.3. The molecule has 0 spiro atoms. The normalized spacial score (nSPS) is 13.7. The van der Waals surface area contributed by atoms with E-state index in [1.165, 1.54) is 11.8 Å². The van der Waals surface area contributed by atoms with Gasteiger partial charge in [-0.25, -0.2) is 22.9 Å². The number of hydrogen-bond donors (Lipinski definition) is 1. The largest absolute Gasteiger partial charge is 0.462 e. The Morgan fingerprint density at radius 2 is 1.86 bits per heavy atom. The highest BCUT2D eigenvalue weighted by molar-refractivity contribution is 6.38. The van der Waals surface area contributed by atoms with Crippen LogP contribution < -0.4 is 16.1 Å². The average molecular weight is 539 g/mol. The van der Waals surface area contributed by atoms with Crippen LogP contribution in [0.15, 0.2) is 23.1 Å². The van der Waals surface area contributed by atoms with Gasteiger partial charge in [0.05, 0.1) is 47.2 Å². The van der Waals surface area contributed by atoms with Gasteiger partial charge in [-0.2, -0.15) is 0 Å². The topological polar surface area (TPSA) is 117 Å². The highest BCUT2D eigenvalue weighted by Gasteiger charge is 2.35. The Balaban J connectivity index is 1.92. The first kappa shape index (κ1) is 26.3. The minimum atomic E-state index is -1.18. The average Bonchev–Trinajstić information content (AvgIpc) is 2.80. The Bertz CT molecular complexity index is 1490. The number of rotatable bonds is 6. The molecule has 9 nitrogen and oxygen atoms in total. The van der Waals surface area contributed by atoms with Crippen LogP contribution in [0.1, 0.15) is 31.1 Å². The van der Waals surface area contributed by atoms with Crippen LogP contribution in [-0.4, -0.2) is 47.3 Å². The zero-order valence-electron chi connectivity index (χ0n) is 20.0. The van der Waals surface area contributed by atoms with Crippen LogP contribution >= 0.6 is 11.6 Å². The maximum Gasteiger partial charge on any atom is 0.343 e. The van der Waals surface area contributed by atoms with E-state index in [1.807, 2.05) is 0 Å². The van der Waals surface area contributed by atoms with Gasteiger partial charge in [0.2, 0.25) is 5.43 Å². The molecule has 1 aliphatic heterocycles. The van der Waals surface area contributed by atoms with Crippen molar-refractivity contribution in [2.75, 3.05) is 30.3 Å². The zero-order chi connectivity index (χ0) is 27.2. The zero-order valence-corrected chi connectivity index (χ0v) is 20.7. The van der Waals surface area contributed by atoms with Crippen molar-refractivity contribution in [3.05, 3.63) is 56.6 Å². The number of hydrogen-bond acceptors (Lipinski definition) is 8. The van der Waals surface area contributed by atoms with Gasteiger partial charge in [-0.15, -0.1) is 0 Å². The van der Waals surface area contributed by atoms with E-state index in [9.17, 15) is 23.2 Å². The van der Waals surface area contributed by atoms with E-state index in [0.717, 1.165) is 16.8 Å². The number of aromatic nitrogens is 2. The second-order valence-electron chi connectivity index (χ2n) is 8.66. The van der Waals surface area contributed by atoms with Gasteiger partial charge in [-0.1, -0.05) is 25.4 Å². The summed E-state index contributed by atoms with van der Waals surface area (Å²) >= 11 is 6.58. The number of halogens is 4. The van der Waals surface area contributed by atoms with Crippen molar-refractivity contribution in [1.29, 1.82) is 0 Å². The number of nitrogens with zero attached hydrogens (tertiary/aromatic N) is 3. The summed E-state index contributed by atoms with van der Waals surface area (Å²) in [6.45, 7) is 5.03. The molecule has 3 heterocycles. The predicted molar refractivity (Wildman–Crippen MR) is 130 cm³/mol. The molecule has 0 atom stereocenters. The van der Waals surface area contributed by atoms with E-state index in [2.05, 4.69) is 4.98 Å². The molecule has 0 unspecified atom stereocenters. The Morgan fingerprint density at radius 1 is 1.19 bits per heavy atom. The first-order chi connectivity index (χ1) is 17.4. The molecular weight excluding hydrogens is 517 g/mol. The molecule has 0 amide bonds.